The van der Waals surface area contributed by atoms with Gasteiger partial charge in [-0.3, -0.25) is 0 Å². The number of unbranched alkanes of at least 4 members (excludes halogenated alkanes) is 17. The molecule has 2 aromatic rings. The van der Waals surface area contributed by atoms with Crippen molar-refractivity contribution < 1.29 is 9.53 Å². The van der Waals surface area contributed by atoms with E-state index in [0.29, 0.717) is 0 Å². The minimum atomic E-state index is -2.55. The van der Waals surface area contributed by atoms with Gasteiger partial charge in [-0.15, -0.1) is 0 Å². The fraction of sp³-hybridized carbons (Fsp3) is 0.654. The standard InChI is InChI=1S/C52H86O2Si/c1-6-8-10-11-12-13-14-15-16-17-18-19-21-24-27-33-40-48(53)41-34-28-25-22-20-23-26-29-35-43-49(42-32-9-7-2)54-55(52(3,4)5,50-44-36-30-37-45-50)51-46-38-31-39-47-51/h12-13,15-16,29-31,35-39,44-49,53H,6-11,14,17-28,32-34,40-43H2,1-5H3/t48?,49-/m1/s1. The SMILES string of the molecule is CCCCCC=CCC=CCCCCCCCCC(O)CCCCCCCCC=CC[C@@H](CCCCC)O[Si](c1ccccc1)(c1ccccc1)C(C)(C)C. The molecule has 0 saturated heterocycles. The van der Waals surface area contributed by atoms with Gasteiger partial charge in [0.2, 0.25) is 0 Å². The number of benzene rings is 2. The van der Waals surface area contributed by atoms with E-state index in [1.54, 1.807) is 0 Å². The summed E-state index contributed by atoms with van der Waals surface area (Å²) in [6.07, 6.45) is 46.2. The Bertz CT molecular complexity index is 1190. The van der Waals surface area contributed by atoms with E-state index in [4.69, 9.17) is 4.43 Å². The van der Waals surface area contributed by atoms with Crippen molar-refractivity contribution >= 4 is 18.7 Å². The summed E-state index contributed by atoms with van der Waals surface area (Å²) >= 11 is 0. The first kappa shape index (κ1) is 48.9. The molecular weight excluding hydrogens is 685 g/mol. The minimum Gasteiger partial charge on any atom is -0.404 e. The zero-order valence-corrected chi connectivity index (χ0v) is 37.6. The van der Waals surface area contributed by atoms with Gasteiger partial charge in [0.1, 0.15) is 0 Å². The molecule has 55 heavy (non-hydrogen) atoms. The molecule has 0 aliphatic rings. The Morgan fingerprint density at radius 2 is 0.909 bits per heavy atom. The highest BCUT2D eigenvalue weighted by atomic mass is 28.4. The number of allylic oxidation sites excluding steroid dienone is 5. The normalized spacial score (nSPS) is 13.8. The van der Waals surface area contributed by atoms with Crippen molar-refractivity contribution in [3.8, 4) is 0 Å². The van der Waals surface area contributed by atoms with Gasteiger partial charge in [-0.25, -0.2) is 0 Å². The first-order valence-electron chi connectivity index (χ1n) is 23.3. The lowest BCUT2D eigenvalue weighted by atomic mass is 10.0. The van der Waals surface area contributed by atoms with Crippen LogP contribution in [0.25, 0.3) is 0 Å². The molecule has 0 radical (unpaired) electrons. The van der Waals surface area contributed by atoms with Gasteiger partial charge >= 0.3 is 0 Å². The first-order valence-corrected chi connectivity index (χ1v) is 25.2. The molecule has 2 atom stereocenters. The molecule has 2 nitrogen and oxygen atoms in total. The lowest BCUT2D eigenvalue weighted by molar-refractivity contribution is 0.147. The summed E-state index contributed by atoms with van der Waals surface area (Å²) < 4.78 is 7.56. The topological polar surface area (TPSA) is 29.5 Å². The van der Waals surface area contributed by atoms with Gasteiger partial charge in [-0.05, 0) is 86.0 Å². The van der Waals surface area contributed by atoms with E-state index < -0.39 is 8.32 Å². The predicted octanol–water partition coefficient (Wildman–Crippen LogP) is 15.1. The molecule has 0 spiro atoms. The van der Waals surface area contributed by atoms with Crippen molar-refractivity contribution in [3.05, 3.63) is 97.1 Å². The average Bonchev–Trinajstić information content (AvgIpc) is 3.18. The third kappa shape index (κ3) is 21.8. The molecule has 0 fully saturated rings. The van der Waals surface area contributed by atoms with E-state index >= 15 is 0 Å². The number of hydrogen-bond acceptors (Lipinski definition) is 2. The second kappa shape index (κ2) is 31.8. The molecule has 0 bridgehead atoms. The second-order valence-corrected chi connectivity index (χ2v) is 21.6. The summed E-state index contributed by atoms with van der Waals surface area (Å²) in [5, 5.41) is 13.2. The van der Waals surface area contributed by atoms with E-state index in [-0.39, 0.29) is 17.2 Å². The molecule has 0 amide bonds. The van der Waals surface area contributed by atoms with Crippen LogP contribution in [0.3, 0.4) is 0 Å². The van der Waals surface area contributed by atoms with Crippen LogP contribution >= 0.6 is 0 Å². The van der Waals surface area contributed by atoms with Crippen molar-refractivity contribution in [2.24, 2.45) is 0 Å². The van der Waals surface area contributed by atoms with Gasteiger partial charge in [0.15, 0.2) is 0 Å². The Kier molecular flexibility index (Phi) is 28.3. The molecule has 0 aliphatic heterocycles. The van der Waals surface area contributed by atoms with Gasteiger partial charge in [0.25, 0.3) is 8.32 Å². The minimum absolute atomic E-state index is 0.00304. The zero-order valence-electron chi connectivity index (χ0n) is 36.6. The average molecular weight is 771 g/mol. The molecule has 0 saturated carbocycles. The van der Waals surface area contributed by atoms with Gasteiger partial charge in [-0.1, -0.05) is 228 Å². The summed E-state index contributed by atoms with van der Waals surface area (Å²) in [5.74, 6) is 0. The van der Waals surface area contributed by atoms with Crippen LogP contribution < -0.4 is 10.4 Å². The van der Waals surface area contributed by atoms with Crippen LogP contribution in [0, 0.1) is 0 Å². The number of aliphatic hydroxyl groups excluding tert-OH is 1. The van der Waals surface area contributed by atoms with E-state index in [1.807, 2.05) is 0 Å². The van der Waals surface area contributed by atoms with Crippen LogP contribution in [-0.4, -0.2) is 25.6 Å². The van der Waals surface area contributed by atoms with Crippen molar-refractivity contribution in [1.29, 1.82) is 0 Å². The lowest BCUT2D eigenvalue weighted by Gasteiger charge is -2.45. The molecule has 0 heterocycles. The third-order valence-corrected chi connectivity index (χ3v) is 16.4. The molecule has 2 rings (SSSR count). The maximum Gasteiger partial charge on any atom is 0.261 e. The first-order chi connectivity index (χ1) is 26.8. The van der Waals surface area contributed by atoms with E-state index in [1.165, 1.54) is 139 Å². The highest BCUT2D eigenvalue weighted by Gasteiger charge is 2.51. The Balaban J connectivity index is 1.59. The Labute approximate surface area is 342 Å². The van der Waals surface area contributed by atoms with Crippen molar-refractivity contribution in [2.75, 3.05) is 0 Å². The van der Waals surface area contributed by atoms with Crippen LogP contribution in [0.1, 0.15) is 202 Å². The highest BCUT2D eigenvalue weighted by molar-refractivity contribution is 6.99. The molecule has 3 heteroatoms. The van der Waals surface area contributed by atoms with Gasteiger partial charge in [0.05, 0.1) is 6.10 Å². The smallest absolute Gasteiger partial charge is 0.261 e. The fourth-order valence-electron chi connectivity index (χ4n) is 8.02. The molecule has 310 valence electrons. The summed E-state index contributed by atoms with van der Waals surface area (Å²) in [6.45, 7) is 11.7. The summed E-state index contributed by atoms with van der Waals surface area (Å²) in [6, 6.07) is 22.2. The van der Waals surface area contributed by atoms with Crippen LogP contribution in [0.15, 0.2) is 97.1 Å². The van der Waals surface area contributed by atoms with Gasteiger partial charge < -0.3 is 9.53 Å². The van der Waals surface area contributed by atoms with Crippen LogP contribution in [-0.2, 0) is 4.43 Å². The Morgan fingerprint density at radius 1 is 0.509 bits per heavy atom. The second-order valence-electron chi connectivity index (χ2n) is 17.3. The number of hydrogen-bond donors (Lipinski definition) is 1. The van der Waals surface area contributed by atoms with Crippen LogP contribution in [0.5, 0.6) is 0 Å². The van der Waals surface area contributed by atoms with E-state index in [2.05, 4.69) is 132 Å². The van der Waals surface area contributed by atoms with Crippen LogP contribution in [0.2, 0.25) is 5.04 Å². The lowest BCUT2D eigenvalue weighted by Crippen LogP contribution is -2.67. The van der Waals surface area contributed by atoms with Crippen molar-refractivity contribution in [3.63, 3.8) is 0 Å². The molecular formula is C52H86O2Si. The van der Waals surface area contributed by atoms with Crippen molar-refractivity contribution in [2.45, 2.75) is 219 Å². The fourth-order valence-corrected chi connectivity index (χ4v) is 12.7. The maximum absolute atomic E-state index is 10.5. The zero-order chi connectivity index (χ0) is 39.7. The third-order valence-electron chi connectivity index (χ3n) is 11.4. The van der Waals surface area contributed by atoms with Gasteiger partial charge in [0, 0.05) is 6.10 Å². The number of rotatable bonds is 34. The quantitative estimate of drug-likeness (QED) is 0.0436. The largest absolute Gasteiger partial charge is 0.404 e. The molecule has 0 aromatic heterocycles. The van der Waals surface area contributed by atoms with E-state index in [9.17, 15) is 5.11 Å². The summed E-state index contributed by atoms with van der Waals surface area (Å²) in [7, 11) is -2.55. The molecule has 1 unspecified atom stereocenters. The molecule has 0 aliphatic carbocycles. The van der Waals surface area contributed by atoms with Crippen molar-refractivity contribution in [1.82, 2.24) is 0 Å². The summed E-state index contributed by atoms with van der Waals surface area (Å²) in [4.78, 5) is 0. The Morgan fingerprint density at radius 3 is 1.38 bits per heavy atom. The highest BCUT2D eigenvalue weighted by Crippen LogP contribution is 2.38. The summed E-state index contributed by atoms with van der Waals surface area (Å²) in [5.41, 5.74) is 0. The monoisotopic (exact) mass is 771 g/mol. The maximum atomic E-state index is 10.5. The molecule has 1 N–H and O–H groups in total. The van der Waals surface area contributed by atoms with Crippen LogP contribution in [0.4, 0.5) is 0 Å². The van der Waals surface area contributed by atoms with E-state index in [0.717, 1.165) is 38.5 Å². The van der Waals surface area contributed by atoms with Gasteiger partial charge in [-0.2, -0.15) is 0 Å². The number of aliphatic hydroxyl groups is 1. The Hall–Kier alpha value is -2.20. The molecule has 2 aromatic carbocycles. The predicted molar refractivity (Wildman–Crippen MR) is 247 cm³/mol.